The van der Waals surface area contributed by atoms with Crippen LogP contribution in [-0.4, -0.2) is 36.2 Å². The van der Waals surface area contributed by atoms with Crippen molar-refractivity contribution < 1.29 is 5.11 Å². The highest BCUT2D eigenvalue weighted by atomic mass is 16.3. The first-order valence-corrected chi connectivity index (χ1v) is 7.94. The molecule has 1 unspecified atom stereocenters. The Balaban J connectivity index is 1.98. The van der Waals surface area contributed by atoms with E-state index in [0.717, 1.165) is 18.4 Å². The molecule has 1 N–H and O–H groups in total. The Hall–Kier alpha value is -0.860. The fraction of sp³-hybridized carbons (Fsp3) is 0.667. The van der Waals surface area contributed by atoms with E-state index in [2.05, 4.69) is 49.9 Å². The van der Waals surface area contributed by atoms with Crippen LogP contribution in [0.3, 0.4) is 0 Å². The maximum Gasteiger partial charge on any atom is 0.0537 e. The molecule has 0 radical (unpaired) electrons. The molecule has 1 aliphatic rings. The third-order valence-electron chi connectivity index (χ3n) is 4.97. The van der Waals surface area contributed by atoms with Crippen molar-refractivity contribution in [1.29, 1.82) is 0 Å². The predicted octanol–water partition coefficient (Wildman–Crippen LogP) is 3.30. The monoisotopic (exact) mass is 275 g/mol. The lowest BCUT2D eigenvalue weighted by atomic mass is 9.81. The molecule has 1 aliphatic heterocycles. The number of aliphatic hydroxyl groups is 1. The molecule has 1 saturated heterocycles. The molecule has 0 bridgehead atoms. The van der Waals surface area contributed by atoms with E-state index in [0.29, 0.717) is 0 Å². The summed E-state index contributed by atoms with van der Waals surface area (Å²) in [5.41, 5.74) is 1.10. The summed E-state index contributed by atoms with van der Waals surface area (Å²) in [5.74, 6) is 1.68. The summed E-state index contributed by atoms with van der Waals surface area (Å²) >= 11 is 0. The summed E-state index contributed by atoms with van der Waals surface area (Å²) in [5, 5.41) is 9.88. The van der Waals surface area contributed by atoms with Crippen molar-refractivity contribution in [2.45, 2.75) is 39.0 Å². The predicted molar refractivity (Wildman–Crippen MR) is 84.9 cm³/mol. The van der Waals surface area contributed by atoms with Crippen molar-refractivity contribution >= 4 is 0 Å². The number of aliphatic hydroxyl groups excluding tert-OH is 1. The van der Waals surface area contributed by atoms with Gasteiger partial charge >= 0.3 is 0 Å². The molecule has 2 rings (SSSR count). The molecule has 1 aromatic rings. The summed E-state index contributed by atoms with van der Waals surface area (Å²) < 4.78 is 0. The molecule has 1 aromatic carbocycles. The van der Waals surface area contributed by atoms with Crippen molar-refractivity contribution in [2.24, 2.45) is 11.8 Å². The minimum Gasteiger partial charge on any atom is -0.395 e. The van der Waals surface area contributed by atoms with E-state index >= 15 is 0 Å². The van der Waals surface area contributed by atoms with Crippen LogP contribution in [0.5, 0.6) is 0 Å². The standard InChI is InChI=1S/C18H29NO/c1-15(2)16-9-11-19(12-10-16)13-18(3,14-20)17-7-5-4-6-8-17/h4-8,15-16,20H,9-14H2,1-3H3. The molecular formula is C18H29NO. The summed E-state index contributed by atoms with van der Waals surface area (Å²) in [6, 6.07) is 10.4. The molecule has 0 aliphatic carbocycles. The normalized spacial score (nSPS) is 21.1. The van der Waals surface area contributed by atoms with E-state index < -0.39 is 0 Å². The molecule has 0 spiro atoms. The van der Waals surface area contributed by atoms with Crippen molar-refractivity contribution in [3.8, 4) is 0 Å². The number of hydrogen-bond acceptors (Lipinski definition) is 2. The van der Waals surface area contributed by atoms with Gasteiger partial charge < -0.3 is 10.0 Å². The maximum absolute atomic E-state index is 9.88. The Morgan fingerprint density at radius 2 is 1.80 bits per heavy atom. The lowest BCUT2D eigenvalue weighted by molar-refractivity contribution is 0.103. The summed E-state index contributed by atoms with van der Waals surface area (Å²) in [7, 11) is 0. The topological polar surface area (TPSA) is 23.5 Å². The van der Waals surface area contributed by atoms with Crippen LogP contribution < -0.4 is 0 Å². The van der Waals surface area contributed by atoms with Crippen LogP contribution in [0.4, 0.5) is 0 Å². The lowest BCUT2D eigenvalue weighted by Gasteiger charge is -2.39. The van der Waals surface area contributed by atoms with Crippen LogP contribution in [0.15, 0.2) is 30.3 Å². The molecule has 0 amide bonds. The number of hydrogen-bond donors (Lipinski definition) is 1. The van der Waals surface area contributed by atoms with E-state index in [1.54, 1.807) is 0 Å². The lowest BCUT2D eigenvalue weighted by Crippen LogP contribution is -2.45. The molecule has 20 heavy (non-hydrogen) atoms. The number of nitrogens with zero attached hydrogens (tertiary/aromatic N) is 1. The van der Waals surface area contributed by atoms with Gasteiger partial charge in [-0.3, -0.25) is 0 Å². The average molecular weight is 275 g/mol. The van der Waals surface area contributed by atoms with E-state index in [1.165, 1.54) is 31.5 Å². The van der Waals surface area contributed by atoms with Gasteiger partial charge in [-0.1, -0.05) is 51.1 Å². The van der Waals surface area contributed by atoms with Gasteiger partial charge in [0.05, 0.1) is 6.61 Å². The van der Waals surface area contributed by atoms with Gasteiger partial charge in [-0.05, 0) is 43.3 Å². The molecule has 0 saturated carbocycles. The number of benzene rings is 1. The second-order valence-electron chi connectivity index (χ2n) is 6.94. The van der Waals surface area contributed by atoms with Gasteiger partial charge in [0.25, 0.3) is 0 Å². The fourth-order valence-electron chi connectivity index (χ4n) is 3.34. The molecular weight excluding hydrogens is 246 g/mol. The highest BCUT2D eigenvalue weighted by Gasteiger charge is 2.30. The maximum atomic E-state index is 9.88. The number of rotatable bonds is 5. The first-order valence-electron chi connectivity index (χ1n) is 7.94. The Morgan fingerprint density at radius 3 is 2.30 bits per heavy atom. The summed E-state index contributed by atoms with van der Waals surface area (Å²) in [6.45, 7) is 10.4. The second kappa shape index (κ2) is 6.73. The Labute approximate surface area is 123 Å². The Bertz CT molecular complexity index is 395. The number of likely N-dealkylation sites (tertiary alicyclic amines) is 1. The van der Waals surface area contributed by atoms with E-state index in [1.807, 2.05) is 6.07 Å². The van der Waals surface area contributed by atoms with E-state index in [9.17, 15) is 5.11 Å². The van der Waals surface area contributed by atoms with Crippen molar-refractivity contribution in [1.82, 2.24) is 4.90 Å². The van der Waals surface area contributed by atoms with Crippen LogP contribution in [0.25, 0.3) is 0 Å². The average Bonchev–Trinajstić information content (AvgIpc) is 2.48. The van der Waals surface area contributed by atoms with Crippen LogP contribution in [0.2, 0.25) is 0 Å². The van der Waals surface area contributed by atoms with Gasteiger partial charge in [-0.15, -0.1) is 0 Å². The SMILES string of the molecule is CC(C)C1CCN(CC(C)(CO)c2ccccc2)CC1. The quantitative estimate of drug-likeness (QED) is 0.891. The van der Waals surface area contributed by atoms with Crippen molar-refractivity contribution in [3.05, 3.63) is 35.9 Å². The molecule has 0 aromatic heterocycles. The molecule has 2 heteroatoms. The highest BCUT2D eigenvalue weighted by Crippen LogP contribution is 2.29. The van der Waals surface area contributed by atoms with Gasteiger partial charge in [0.2, 0.25) is 0 Å². The molecule has 1 atom stereocenters. The Morgan fingerprint density at radius 1 is 1.20 bits per heavy atom. The van der Waals surface area contributed by atoms with Crippen LogP contribution in [0, 0.1) is 11.8 Å². The summed E-state index contributed by atoms with van der Waals surface area (Å²) in [4.78, 5) is 2.53. The molecule has 1 heterocycles. The van der Waals surface area contributed by atoms with E-state index in [-0.39, 0.29) is 12.0 Å². The van der Waals surface area contributed by atoms with Gasteiger partial charge in [-0.25, -0.2) is 0 Å². The van der Waals surface area contributed by atoms with Gasteiger partial charge in [0.1, 0.15) is 0 Å². The molecule has 1 fully saturated rings. The van der Waals surface area contributed by atoms with Gasteiger partial charge in [0, 0.05) is 12.0 Å². The van der Waals surface area contributed by atoms with Gasteiger partial charge in [-0.2, -0.15) is 0 Å². The highest BCUT2D eigenvalue weighted by molar-refractivity contribution is 5.25. The number of piperidine rings is 1. The van der Waals surface area contributed by atoms with Crippen molar-refractivity contribution in [2.75, 3.05) is 26.2 Å². The van der Waals surface area contributed by atoms with Crippen LogP contribution in [-0.2, 0) is 5.41 Å². The zero-order valence-corrected chi connectivity index (χ0v) is 13.2. The first-order chi connectivity index (χ1) is 9.55. The van der Waals surface area contributed by atoms with Crippen LogP contribution in [0.1, 0.15) is 39.2 Å². The fourth-order valence-corrected chi connectivity index (χ4v) is 3.34. The third-order valence-corrected chi connectivity index (χ3v) is 4.97. The van der Waals surface area contributed by atoms with Crippen molar-refractivity contribution in [3.63, 3.8) is 0 Å². The third kappa shape index (κ3) is 3.62. The molecule has 2 nitrogen and oxygen atoms in total. The minimum absolute atomic E-state index is 0.147. The van der Waals surface area contributed by atoms with E-state index in [4.69, 9.17) is 0 Å². The second-order valence-corrected chi connectivity index (χ2v) is 6.94. The van der Waals surface area contributed by atoms with Crippen LogP contribution >= 0.6 is 0 Å². The largest absolute Gasteiger partial charge is 0.395 e. The summed E-state index contributed by atoms with van der Waals surface area (Å²) in [6.07, 6.45) is 2.60. The zero-order chi connectivity index (χ0) is 14.6. The minimum atomic E-state index is -0.147. The smallest absolute Gasteiger partial charge is 0.0537 e. The molecule has 112 valence electrons. The first kappa shape index (κ1) is 15.5. The Kier molecular flexibility index (Phi) is 5.22. The zero-order valence-electron chi connectivity index (χ0n) is 13.2. The van der Waals surface area contributed by atoms with Gasteiger partial charge in [0.15, 0.2) is 0 Å².